The number of nitrogens with zero attached hydrogens (tertiary/aromatic N) is 1. The molecule has 0 aliphatic heterocycles. The van der Waals surface area contributed by atoms with Crippen molar-refractivity contribution in [3.63, 3.8) is 0 Å². The van der Waals surface area contributed by atoms with Crippen LogP contribution in [-0.2, 0) is 4.79 Å². The average molecular weight is 181 g/mol. The Balaban J connectivity index is 2.48. The van der Waals surface area contributed by atoms with E-state index < -0.39 is 0 Å². The Bertz CT molecular complexity index is 256. The molecule has 0 unspecified atom stereocenters. The lowest BCUT2D eigenvalue weighted by Crippen LogP contribution is -2.26. The third kappa shape index (κ3) is 2.59. The van der Waals surface area contributed by atoms with Gasteiger partial charge in [0.05, 0.1) is 5.69 Å². The smallest absolute Gasteiger partial charge is 0.226 e. The Morgan fingerprint density at radius 1 is 1.69 bits per heavy atom. The highest BCUT2D eigenvalue weighted by Crippen LogP contribution is 2.11. The van der Waals surface area contributed by atoms with E-state index in [0.717, 1.165) is 12.1 Å². The second-order valence-electron chi connectivity index (χ2n) is 2.91. The molecule has 1 aromatic rings. The van der Waals surface area contributed by atoms with Crippen molar-refractivity contribution in [3.05, 3.63) is 18.5 Å². The molecule has 0 aliphatic rings. The summed E-state index contributed by atoms with van der Waals surface area (Å²) in [5.41, 5.74) is 6.21. The summed E-state index contributed by atoms with van der Waals surface area (Å²) in [6.45, 7) is 0.562. The molecule has 1 heterocycles. The number of hydrogen-bond acceptors (Lipinski definition) is 2. The second-order valence-corrected chi connectivity index (χ2v) is 2.91. The summed E-state index contributed by atoms with van der Waals surface area (Å²) in [7, 11) is 1.77. The number of carbonyl (C=O) groups excluding carboxylic acids is 1. The molecule has 1 aromatic heterocycles. The van der Waals surface area contributed by atoms with E-state index in [-0.39, 0.29) is 5.91 Å². The van der Waals surface area contributed by atoms with E-state index in [2.05, 4.69) is 4.98 Å². The molecule has 0 spiro atoms. The van der Waals surface area contributed by atoms with Crippen LogP contribution in [0.5, 0.6) is 0 Å². The lowest BCUT2D eigenvalue weighted by molar-refractivity contribution is -0.118. The molecule has 0 fully saturated rings. The van der Waals surface area contributed by atoms with Crippen LogP contribution in [0.4, 0.5) is 5.69 Å². The molecule has 0 radical (unpaired) electrons. The first-order chi connectivity index (χ1) is 6.25. The van der Waals surface area contributed by atoms with Gasteiger partial charge >= 0.3 is 0 Å². The maximum absolute atomic E-state index is 11.5. The number of amides is 1. The highest BCUT2D eigenvalue weighted by atomic mass is 16.2. The van der Waals surface area contributed by atoms with Crippen LogP contribution in [0.25, 0.3) is 0 Å². The Hall–Kier alpha value is -1.29. The lowest BCUT2D eigenvalue weighted by Gasteiger charge is -2.14. The van der Waals surface area contributed by atoms with Gasteiger partial charge in [-0.3, -0.25) is 4.79 Å². The van der Waals surface area contributed by atoms with Crippen molar-refractivity contribution in [2.75, 3.05) is 18.5 Å². The number of anilines is 1. The first-order valence-electron chi connectivity index (χ1n) is 4.35. The summed E-state index contributed by atoms with van der Waals surface area (Å²) in [5, 5.41) is 0. The van der Waals surface area contributed by atoms with Crippen LogP contribution >= 0.6 is 0 Å². The Kier molecular flexibility index (Phi) is 3.52. The number of nitrogens with one attached hydrogen (secondary N) is 1. The van der Waals surface area contributed by atoms with Gasteiger partial charge in [0, 0.05) is 25.9 Å². The van der Waals surface area contributed by atoms with Gasteiger partial charge in [-0.2, -0.15) is 0 Å². The summed E-state index contributed by atoms with van der Waals surface area (Å²) in [6.07, 6.45) is 4.84. The number of rotatable bonds is 4. The zero-order valence-corrected chi connectivity index (χ0v) is 7.79. The van der Waals surface area contributed by atoms with Gasteiger partial charge in [-0.25, -0.2) is 0 Å². The standard InChI is InChI=1S/C9H15N3O/c1-12(8-4-6-11-7-8)9(13)3-2-5-10/h4,6-7,11H,2-3,5,10H2,1H3. The highest BCUT2D eigenvalue weighted by molar-refractivity contribution is 5.92. The topological polar surface area (TPSA) is 62.1 Å². The summed E-state index contributed by atoms with van der Waals surface area (Å²) in [4.78, 5) is 16.0. The maximum atomic E-state index is 11.5. The molecule has 72 valence electrons. The zero-order chi connectivity index (χ0) is 9.68. The second kappa shape index (κ2) is 4.67. The van der Waals surface area contributed by atoms with Crippen molar-refractivity contribution < 1.29 is 4.79 Å². The monoisotopic (exact) mass is 181 g/mol. The first-order valence-corrected chi connectivity index (χ1v) is 4.35. The first kappa shape index (κ1) is 9.80. The molecule has 1 rings (SSSR count). The fraction of sp³-hybridized carbons (Fsp3) is 0.444. The van der Waals surface area contributed by atoms with Crippen molar-refractivity contribution in [1.82, 2.24) is 4.98 Å². The Morgan fingerprint density at radius 3 is 3.00 bits per heavy atom. The molecule has 0 aromatic carbocycles. The molecular formula is C9H15N3O. The molecule has 0 bridgehead atoms. The molecular weight excluding hydrogens is 166 g/mol. The molecule has 0 saturated carbocycles. The van der Waals surface area contributed by atoms with E-state index in [4.69, 9.17) is 5.73 Å². The van der Waals surface area contributed by atoms with Crippen LogP contribution in [0.1, 0.15) is 12.8 Å². The number of aromatic amines is 1. The fourth-order valence-electron chi connectivity index (χ4n) is 1.09. The third-order valence-corrected chi connectivity index (χ3v) is 1.94. The van der Waals surface area contributed by atoms with E-state index in [1.54, 1.807) is 24.3 Å². The van der Waals surface area contributed by atoms with Gasteiger partial charge in [-0.15, -0.1) is 0 Å². The van der Waals surface area contributed by atoms with Crippen LogP contribution in [0.3, 0.4) is 0 Å². The van der Waals surface area contributed by atoms with E-state index in [0.29, 0.717) is 13.0 Å². The predicted molar refractivity (Wildman–Crippen MR) is 52.5 cm³/mol. The molecule has 0 aliphatic carbocycles. The predicted octanol–water partition coefficient (Wildman–Crippen LogP) is 0.716. The van der Waals surface area contributed by atoms with Gasteiger partial charge in [-0.1, -0.05) is 0 Å². The number of nitrogens with two attached hydrogens (primary N) is 1. The van der Waals surface area contributed by atoms with E-state index in [9.17, 15) is 4.79 Å². The third-order valence-electron chi connectivity index (χ3n) is 1.94. The molecule has 4 nitrogen and oxygen atoms in total. The largest absolute Gasteiger partial charge is 0.366 e. The van der Waals surface area contributed by atoms with Crippen molar-refractivity contribution in [3.8, 4) is 0 Å². The molecule has 4 heteroatoms. The highest BCUT2D eigenvalue weighted by Gasteiger charge is 2.09. The van der Waals surface area contributed by atoms with Crippen LogP contribution in [0.2, 0.25) is 0 Å². The van der Waals surface area contributed by atoms with Crippen LogP contribution < -0.4 is 10.6 Å². The summed E-state index contributed by atoms with van der Waals surface area (Å²) < 4.78 is 0. The van der Waals surface area contributed by atoms with E-state index in [1.807, 2.05) is 6.07 Å². The molecule has 0 atom stereocenters. The summed E-state index contributed by atoms with van der Waals surface area (Å²) >= 11 is 0. The average Bonchev–Trinajstić information content (AvgIpc) is 2.65. The molecule has 1 amide bonds. The maximum Gasteiger partial charge on any atom is 0.226 e. The van der Waals surface area contributed by atoms with Crippen molar-refractivity contribution in [1.29, 1.82) is 0 Å². The quantitative estimate of drug-likeness (QED) is 0.718. The van der Waals surface area contributed by atoms with Gasteiger partial charge in [0.2, 0.25) is 5.91 Å². The molecule has 3 N–H and O–H groups in total. The SMILES string of the molecule is CN(C(=O)CCCN)c1cc[nH]c1. The van der Waals surface area contributed by atoms with Crippen molar-refractivity contribution >= 4 is 11.6 Å². The van der Waals surface area contributed by atoms with Crippen LogP contribution in [-0.4, -0.2) is 24.5 Å². The van der Waals surface area contributed by atoms with E-state index in [1.165, 1.54) is 0 Å². The summed E-state index contributed by atoms with van der Waals surface area (Å²) in [6, 6.07) is 1.86. The number of hydrogen-bond donors (Lipinski definition) is 2. The number of aromatic nitrogens is 1. The number of H-pyrrole nitrogens is 1. The molecule has 13 heavy (non-hydrogen) atoms. The minimum atomic E-state index is 0.102. The minimum absolute atomic E-state index is 0.102. The van der Waals surface area contributed by atoms with Crippen LogP contribution in [0.15, 0.2) is 18.5 Å². The molecule has 0 saturated heterocycles. The lowest BCUT2D eigenvalue weighted by atomic mass is 10.3. The fourth-order valence-corrected chi connectivity index (χ4v) is 1.09. The number of carbonyl (C=O) groups is 1. The normalized spacial score (nSPS) is 10.0. The van der Waals surface area contributed by atoms with Crippen molar-refractivity contribution in [2.45, 2.75) is 12.8 Å². The zero-order valence-electron chi connectivity index (χ0n) is 7.79. The minimum Gasteiger partial charge on any atom is -0.366 e. The van der Waals surface area contributed by atoms with Gasteiger partial charge in [-0.05, 0) is 19.0 Å². The summed E-state index contributed by atoms with van der Waals surface area (Å²) in [5.74, 6) is 0.102. The van der Waals surface area contributed by atoms with Gasteiger partial charge in [0.15, 0.2) is 0 Å². The Morgan fingerprint density at radius 2 is 2.46 bits per heavy atom. The van der Waals surface area contributed by atoms with Gasteiger partial charge < -0.3 is 15.6 Å². The van der Waals surface area contributed by atoms with Crippen LogP contribution in [0, 0.1) is 0 Å². The van der Waals surface area contributed by atoms with E-state index >= 15 is 0 Å². The van der Waals surface area contributed by atoms with Gasteiger partial charge in [0.1, 0.15) is 0 Å². The van der Waals surface area contributed by atoms with Crippen molar-refractivity contribution in [2.24, 2.45) is 5.73 Å². The van der Waals surface area contributed by atoms with Gasteiger partial charge in [0.25, 0.3) is 0 Å². The Labute approximate surface area is 77.7 Å².